The van der Waals surface area contributed by atoms with E-state index >= 15 is 0 Å². The second kappa shape index (κ2) is 9.28. The molecule has 0 atom stereocenters. The summed E-state index contributed by atoms with van der Waals surface area (Å²) in [5.41, 5.74) is 0.309. The minimum Gasteiger partial charge on any atom is -0.280 e. The summed E-state index contributed by atoms with van der Waals surface area (Å²) < 4.78 is 67.6. The second-order valence-corrected chi connectivity index (χ2v) is 11.6. The number of aromatic nitrogens is 1. The number of nitrogens with one attached hydrogen (secondary N) is 1. The molecule has 13 heteroatoms. The number of hydrogen-bond donors (Lipinski definition) is 1. The van der Waals surface area contributed by atoms with Gasteiger partial charge in [0.25, 0.3) is 10.0 Å². The fraction of sp³-hybridized carbons (Fsp3) is 0.0476. The van der Waals surface area contributed by atoms with Crippen LogP contribution < -0.4 is 4.72 Å². The van der Waals surface area contributed by atoms with Crippen molar-refractivity contribution in [3.8, 4) is 6.07 Å². The summed E-state index contributed by atoms with van der Waals surface area (Å²) in [4.78, 5) is 4.60. The summed E-state index contributed by atoms with van der Waals surface area (Å²) in [7, 11) is -4.27. The van der Waals surface area contributed by atoms with Crippen LogP contribution in [0.2, 0.25) is 10.0 Å². The summed E-state index contributed by atoms with van der Waals surface area (Å²) in [5, 5.41) is 8.70. The Balaban J connectivity index is 1.55. The van der Waals surface area contributed by atoms with Crippen molar-refractivity contribution in [1.82, 2.24) is 4.98 Å². The van der Waals surface area contributed by atoms with E-state index in [0.717, 1.165) is 16.3 Å². The van der Waals surface area contributed by atoms with Crippen LogP contribution in [0.4, 0.5) is 18.9 Å². The van der Waals surface area contributed by atoms with Gasteiger partial charge in [-0.3, -0.25) is 4.72 Å². The van der Waals surface area contributed by atoms with E-state index in [2.05, 4.69) is 15.8 Å². The van der Waals surface area contributed by atoms with Crippen LogP contribution >= 0.6 is 46.3 Å². The van der Waals surface area contributed by atoms with Crippen LogP contribution in [0.5, 0.6) is 0 Å². The Labute approximate surface area is 210 Å². The molecule has 0 radical (unpaired) electrons. The molecule has 0 fully saturated rings. The Morgan fingerprint density at radius 3 is 2.44 bits per heavy atom. The van der Waals surface area contributed by atoms with E-state index in [1.54, 1.807) is 24.3 Å². The molecule has 1 heterocycles. The van der Waals surface area contributed by atoms with E-state index in [4.69, 9.17) is 28.5 Å². The van der Waals surface area contributed by atoms with Crippen LogP contribution in [-0.2, 0) is 16.2 Å². The number of nitrogens with zero attached hydrogens (tertiary/aromatic N) is 2. The molecule has 3 aromatic carbocycles. The van der Waals surface area contributed by atoms with Crippen molar-refractivity contribution in [2.24, 2.45) is 0 Å². The number of thiazole rings is 1. The average molecular weight is 560 g/mol. The first-order valence-corrected chi connectivity index (χ1v) is 13.0. The van der Waals surface area contributed by atoms with Gasteiger partial charge in [0.15, 0.2) is 4.34 Å². The predicted molar refractivity (Wildman–Crippen MR) is 127 cm³/mol. The van der Waals surface area contributed by atoms with Crippen LogP contribution in [0, 0.1) is 11.3 Å². The van der Waals surface area contributed by atoms with E-state index in [1.807, 2.05) is 0 Å². The van der Waals surface area contributed by atoms with Crippen LogP contribution in [0.25, 0.3) is 10.2 Å². The number of fused-ring (bicyclic) bond motifs is 1. The number of anilines is 1. The summed E-state index contributed by atoms with van der Waals surface area (Å²) in [6.07, 6.45) is -4.65. The van der Waals surface area contributed by atoms with E-state index in [0.29, 0.717) is 26.9 Å². The third kappa shape index (κ3) is 5.26. The van der Waals surface area contributed by atoms with Crippen molar-refractivity contribution in [2.75, 3.05) is 4.72 Å². The van der Waals surface area contributed by atoms with Crippen LogP contribution in [0.3, 0.4) is 0 Å². The maximum Gasteiger partial charge on any atom is 0.416 e. The molecule has 0 amide bonds. The second-order valence-electron chi connectivity index (χ2n) is 6.77. The van der Waals surface area contributed by atoms with Gasteiger partial charge in [0.1, 0.15) is 4.90 Å². The highest BCUT2D eigenvalue weighted by Crippen LogP contribution is 2.39. The molecule has 0 aliphatic heterocycles. The van der Waals surface area contributed by atoms with Gasteiger partial charge < -0.3 is 0 Å². The Hall–Kier alpha value is -2.49. The maximum absolute atomic E-state index is 12.8. The van der Waals surface area contributed by atoms with Gasteiger partial charge in [0.2, 0.25) is 0 Å². The lowest BCUT2D eigenvalue weighted by Gasteiger charge is -2.13. The minimum absolute atomic E-state index is 0.105. The predicted octanol–water partition coefficient (Wildman–Crippen LogP) is 7.45. The zero-order valence-corrected chi connectivity index (χ0v) is 20.5. The van der Waals surface area contributed by atoms with Gasteiger partial charge in [-0.25, -0.2) is 13.4 Å². The van der Waals surface area contributed by atoms with Crippen molar-refractivity contribution < 1.29 is 21.6 Å². The fourth-order valence-corrected chi connectivity index (χ4v) is 6.82. The first-order chi connectivity index (χ1) is 16.0. The topological polar surface area (TPSA) is 82.8 Å². The number of halogens is 5. The van der Waals surface area contributed by atoms with Crippen molar-refractivity contribution in [3.63, 3.8) is 0 Å². The van der Waals surface area contributed by atoms with Gasteiger partial charge in [-0.15, -0.1) is 11.3 Å². The third-order valence-corrected chi connectivity index (χ3v) is 8.87. The summed E-state index contributed by atoms with van der Waals surface area (Å²) in [6, 6.07) is 13.7. The molecule has 34 heavy (non-hydrogen) atoms. The van der Waals surface area contributed by atoms with E-state index in [9.17, 15) is 21.6 Å². The number of benzene rings is 3. The van der Waals surface area contributed by atoms with Crippen molar-refractivity contribution in [1.29, 1.82) is 5.26 Å². The minimum atomic E-state index is -4.65. The molecule has 4 rings (SSSR count). The fourth-order valence-electron chi connectivity index (χ4n) is 2.86. The van der Waals surface area contributed by atoms with E-state index in [1.165, 1.54) is 35.2 Å². The summed E-state index contributed by atoms with van der Waals surface area (Å²) in [5.74, 6) is 0. The summed E-state index contributed by atoms with van der Waals surface area (Å²) in [6.45, 7) is 0. The molecule has 0 saturated heterocycles. The highest BCUT2D eigenvalue weighted by atomic mass is 35.5. The highest BCUT2D eigenvalue weighted by molar-refractivity contribution is 8.01. The standard InChI is InChI=1S/C21H10Cl2F3N3O2S3/c22-14-9-13(29-34(30,31)19-6-2-12(8-15(19)23)21(24,25)26)3-5-17(14)32-20-28-16-4-1-11(10-27)7-18(16)33-20/h1-9,29H. The third-order valence-electron chi connectivity index (χ3n) is 4.43. The first-order valence-electron chi connectivity index (χ1n) is 9.14. The largest absolute Gasteiger partial charge is 0.416 e. The van der Waals surface area contributed by atoms with E-state index in [-0.39, 0.29) is 10.7 Å². The molecule has 5 nitrogen and oxygen atoms in total. The molecule has 0 aliphatic carbocycles. The molecule has 0 saturated carbocycles. The summed E-state index contributed by atoms with van der Waals surface area (Å²) >= 11 is 14.8. The molecule has 174 valence electrons. The molecule has 4 aromatic rings. The van der Waals surface area contributed by atoms with E-state index < -0.39 is 31.7 Å². The molecule has 0 spiro atoms. The zero-order chi connectivity index (χ0) is 24.7. The monoisotopic (exact) mass is 559 g/mol. The Bertz CT molecular complexity index is 1570. The quantitative estimate of drug-likeness (QED) is 0.274. The number of alkyl halides is 3. The number of nitriles is 1. The maximum atomic E-state index is 12.8. The van der Waals surface area contributed by atoms with Crippen LogP contribution in [0.1, 0.15) is 11.1 Å². The van der Waals surface area contributed by atoms with Crippen molar-refractivity contribution in [2.45, 2.75) is 20.3 Å². The number of hydrogen-bond acceptors (Lipinski definition) is 6. The molecule has 1 aromatic heterocycles. The smallest absolute Gasteiger partial charge is 0.280 e. The van der Waals surface area contributed by atoms with Crippen molar-refractivity contribution >= 4 is 72.2 Å². The molecule has 1 N–H and O–H groups in total. The lowest BCUT2D eigenvalue weighted by Crippen LogP contribution is -2.14. The lowest BCUT2D eigenvalue weighted by atomic mass is 10.2. The van der Waals surface area contributed by atoms with Gasteiger partial charge in [-0.1, -0.05) is 35.0 Å². The first kappa shape index (κ1) is 24.6. The lowest BCUT2D eigenvalue weighted by molar-refractivity contribution is -0.137. The van der Waals surface area contributed by atoms with Gasteiger partial charge in [-0.2, -0.15) is 18.4 Å². The Morgan fingerprint density at radius 1 is 1.03 bits per heavy atom. The Kier molecular flexibility index (Phi) is 6.72. The molecule has 0 bridgehead atoms. The number of rotatable bonds is 5. The van der Waals surface area contributed by atoms with Crippen molar-refractivity contribution in [3.05, 3.63) is 75.8 Å². The highest BCUT2D eigenvalue weighted by Gasteiger charge is 2.32. The average Bonchev–Trinajstić information content (AvgIpc) is 3.16. The zero-order valence-electron chi connectivity index (χ0n) is 16.5. The van der Waals surface area contributed by atoms with Gasteiger partial charge in [0.05, 0.1) is 43.1 Å². The van der Waals surface area contributed by atoms with Gasteiger partial charge >= 0.3 is 6.18 Å². The molecule has 0 unspecified atom stereocenters. The van der Waals surface area contributed by atoms with Crippen LogP contribution in [0.15, 0.2) is 68.7 Å². The SMILES string of the molecule is N#Cc1ccc2nc(Sc3ccc(NS(=O)(=O)c4ccc(C(F)(F)F)cc4Cl)cc3Cl)sc2c1. The molecule has 0 aliphatic rings. The van der Waals surface area contributed by atoms with Gasteiger partial charge in [-0.05, 0) is 54.6 Å². The Morgan fingerprint density at radius 2 is 1.79 bits per heavy atom. The van der Waals surface area contributed by atoms with Crippen LogP contribution in [-0.4, -0.2) is 13.4 Å². The normalized spacial score (nSPS) is 12.0. The molecular weight excluding hydrogens is 550 g/mol. The number of sulfonamides is 1. The molecular formula is C21H10Cl2F3N3O2S3. The van der Waals surface area contributed by atoms with Gasteiger partial charge in [0, 0.05) is 4.90 Å².